The third-order valence-electron chi connectivity index (χ3n) is 5.63. The van der Waals surface area contributed by atoms with Crippen LogP contribution >= 0.6 is 0 Å². The molecule has 3 aliphatic rings. The average molecular weight is 361 g/mol. The van der Waals surface area contributed by atoms with Crippen LogP contribution in [0.15, 0.2) is 30.3 Å². The molecule has 0 saturated carbocycles. The third kappa shape index (κ3) is 3.39. The summed E-state index contributed by atoms with van der Waals surface area (Å²) >= 11 is 0. The highest BCUT2D eigenvalue weighted by Gasteiger charge is 2.58. The zero-order chi connectivity index (χ0) is 18.3. The van der Waals surface area contributed by atoms with E-state index in [0.717, 1.165) is 5.56 Å². The molecule has 6 heteroatoms. The van der Waals surface area contributed by atoms with Crippen molar-refractivity contribution in [2.75, 3.05) is 13.2 Å². The molecule has 1 unspecified atom stereocenters. The van der Waals surface area contributed by atoms with E-state index in [2.05, 4.69) is 0 Å². The second-order valence-corrected chi connectivity index (χ2v) is 7.96. The van der Waals surface area contributed by atoms with Crippen LogP contribution in [0, 0.1) is 5.92 Å². The van der Waals surface area contributed by atoms with Gasteiger partial charge in [0, 0.05) is 13.0 Å². The van der Waals surface area contributed by atoms with Gasteiger partial charge in [0.05, 0.1) is 25.3 Å². The molecule has 0 spiro atoms. The monoisotopic (exact) mass is 361 g/mol. The van der Waals surface area contributed by atoms with Crippen LogP contribution < -0.4 is 0 Å². The summed E-state index contributed by atoms with van der Waals surface area (Å²) in [6.45, 7) is 5.33. The molecule has 1 aromatic rings. The maximum Gasteiger partial charge on any atom is 0.223 e. The summed E-state index contributed by atoms with van der Waals surface area (Å²) in [5.41, 5.74) is 1.12. The second kappa shape index (κ2) is 6.93. The first-order valence-electron chi connectivity index (χ1n) is 9.39. The van der Waals surface area contributed by atoms with Gasteiger partial charge in [-0.3, -0.25) is 4.79 Å². The molecule has 26 heavy (non-hydrogen) atoms. The first kappa shape index (κ1) is 17.9. The number of amides is 1. The number of rotatable bonds is 5. The average Bonchev–Trinajstić information content (AvgIpc) is 3.09. The topological polar surface area (TPSA) is 68.2 Å². The molecule has 1 N–H and O–H groups in total. The van der Waals surface area contributed by atoms with Crippen LogP contribution in [-0.2, 0) is 25.6 Å². The Morgan fingerprint density at radius 1 is 1.27 bits per heavy atom. The lowest BCUT2D eigenvalue weighted by Crippen LogP contribution is -2.56. The minimum atomic E-state index is -0.657. The number of nitrogens with zero attached hydrogens (tertiary/aromatic N) is 1. The number of carbonyl (C=O) groups excluding carboxylic acids is 1. The molecule has 0 aromatic heterocycles. The van der Waals surface area contributed by atoms with Crippen LogP contribution in [-0.4, -0.2) is 59.2 Å². The summed E-state index contributed by atoms with van der Waals surface area (Å²) in [5, 5.41) is 10.9. The van der Waals surface area contributed by atoms with E-state index < -0.39 is 11.9 Å². The Balaban J connectivity index is 1.34. The zero-order valence-corrected chi connectivity index (χ0v) is 15.3. The van der Waals surface area contributed by atoms with Gasteiger partial charge < -0.3 is 24.2 Å². The van der Waals surface area contributed by atoms with Gasteiger partial charge in [-0.15, -0.1) is 0 Å². The molecule has 0 aliphatic carbocycles. The quantitative estimate of drug-likeness (QED) is 0.809. The molecule has 3 saturated heterocycles. The van der Waals surface area contributed by atoms with Crippen LogP contribution in [0.25, 0.3) is 0 Å². The summed E-state index contributed by atoms with van der Waals surface area (Å²) in [7, 11) is 0. The molecule has 1 amide bonds. The number of aliphatic hydroxyl groups excluding tert-OH is 1. The van der Waals surface area contributed by atoms with Gasteiger partial charge in [0.1, 0.15) is 12.2 Å². The van der Waals surface area contributed by atoms with E-state index in [1.807, 2.05) is 44.2 Å². The number of aliphatic hydroxyl groups is 1. The molecule has 0 radical (unpaired) electrons. The Bertz CT molecular complexity index is 649. The van der Waals surface area contributed by atoms with Gasteiger partial charge in [0.15, 0.2) is 5.79 Å². The van der Waals surface area contributed by atoms with Crippen molar-refractivity contribution in [3.05, 3.63) is 35.9 Å². The van der Waals surface area contributed by atoms with Gasteiger partial charge >= 0.3 is 0 Å². The van der Waals surface area contributed by atoms with Crippen molar-refractivity contribution in [1.29, 1.82) is 0 Å². The van der Waals surface area contributed by atoms with E-state index in [1.165, 1.54) is 0 Å². The number of hydrogen-bond donors (Lipinski definition) is 1. The normalized spacial score (nSPS) is 35.4. The lowest BCUT2D eigenvalue weighted by molar-refractivity contribution is -0.181. The maximum absolute atomic E-state index is 12.5. The van der Waals surface area contributed by atoms with Crippen LogP contribution in [0.3, 0.4) is 0 Å². The highest BCUT2D eigenvalue weighted by molar-refractivity contribution is 5.78. The van der Waals surface area contributed by atoms with Crippen LogP contribution in [0.2, 0.25) is 0 Å². The molecular weight excluding hydrogens is 334 g/mol. The molecule has 3 fully saturated rings. The zero-order valence-electron chi connectivity index (χ0n) is 15.3. The Labute approximate surface area is 154 Å². The number of benzene rings is 1. The summed E-state index contributed by atoms with van der Waals surface area (Å²) in [6, 6.07) is 9.67. The number of ether oxygens (including phenoxy) is 3. The largest absolute Gasteiger partial charge is 0.391 e. The fraction of sp³-hybridized carbons (Fsp3) is 0.650. The maximum atomic E-state index is 12.5. The molecule has 3 aliphatic heterocycles. The lowest BCUT2D eigenvalue weighted by Gasteiger charge is -2.41. The number of fused-ring (bicyclic) bond motifs is 3. The molecule has 3 heterocycles. The van der Waals surface area contributed by atoms with E-state index >= 15 is 0 Å². The second-order valence-electron chi connectivity index (χ2n) is 7.96. The number of carbonyl (C=O) groups is 1. The van der Waals surface area contributed by atoms with E-state index in [0.29, 0.717) is 32.6 Å². The molecule has 6 nitrogen and oxygen atoms in total. The van der Waals surface area contributed by atoms with Crippen molar-refractivity contribution in [2.45, 2.75) is 63.4 Å². The van der Waals surface area contributed by atoms with E-state index in [1.54, 1.807) is 4.90 Å². The Morgan fingerprint density at radius 3 is 2.81 bits per heavy atom. The highest BCUT2D eigenvalue weighted by Crippen LogP contribution is 2.42. The molecule has 4 rings (SSSR count). The summed E-state index contributed by atoms with van der Waals surface area (Å²) in [5.74, 6) is -0.686. The summed E-state index contributed by atoms with van der Waals surface area (Å²) in [6.07, 6.45) is 0.000159. The molecule has 142 valence electrons. The van der Waals surface area contributed by atoms with Crippen LogP contribution in [0.4, 0.5) is 0 Å². The molecule has 0 bridgehead atoms. The molecule has 1 aromatic carbocycles. The van der Waals surface area contributed by atoms with E-state index in [4.69, 9.17) is 14.2 Å². The predicted molar refractivity (Wildman–Crippen MR) is 94.2 cm³/mol. The van der Waals surface area contributed by atoms with Crippen molar-refractivity contribution >= 4 is 5.91 Å². The van der Waals surface area contributed by atoms with Crippen molar-refractivity contribution in [3.8, 4) is 0 Å². The van der Waals surface area contributed by atoms with Crippen molar-refractivity contribution in [1.82, 2.24) is 4.90 Å². The lowest BCUT2D eigenvalue weighted by atomic mass is 9.84. The van der Waals surface area contributed by atoms with Gasteiger partial charge in [0.2, 0.25) is 5.91 Å². The van der Waals surface area contributed by atoms with E-state index in [9.17, 15) is 9.90 Å². The Hall–Kier alpha value is -1.47. The minimum absolute atomic E-state index is 0.0766. The summed E-state index contributed by atoms with van der Waals surface area (Å²) in [4.78, 5) is 14.3. The highest BCUT2D eigenvalue weighted by atomic mass is 16.8. The van der Waals surface area contributed by atoms with E-state index in [-0.39, 0.29) is 30.1 Å². The van der Waals surface area contributed by atoms with Crippen molar-refractivity contribution < 1.29 is 24.1 Å². The molecular formula is C20H27NO5. The smallest absolute Gasteiger partial charge is 0.223 e. The minimum Gasteiger partial charge on any atom is -0.391 e. The van der Waals surface area contributed by atoms with Gasteiger partial charge in [-0.1, -0.05) is 30.3 Å². The Morgan fingerprint density at radius 2 is 2.04 bits per heavy atom. The van der Waals surface area contributed by atoms with Gasteiger partial charge in [-0.2, -0.15) is 0 Å². The SMILES string of the molecule is CC1(C)OC2CN3C(=O)C[C@@H](CCOCc4ccccc4)[C@@H](O)[C@@H]3[C@@H]2O1. The Kier molecular flexibility index (Phi) is 4.77. The standard InChI is InChI=1S/C20H27NO5/c1-20(2)25-15-11-21-16(22)10-14(18(23)17(21)19(15)26-20)8-9-24-12-13-6-4-3-5-7-13/h3-7,14-15,17-19,23H,8-12H2,1-2H3/t14-,15?,17-,18-,19-/m1/s1. The van der Waals surface area contributed by atoms with Crippen molar-refractivity contribution in [2.24, 2.45) is 5.92 Å². The van der Waals surface area contributed by atoms with Gasteiger partial charge in [-0.25, -0.2) is 0 Å². The van der Waals surface area contributed by atoms with Crippen LogP contribution in [0.1, 0.15) is 32.3 Å². The van der Waals surface area contributed by atoms with Gasteiger partial charge in [0.25, 0.3) is 0 Å². The molecule has 5 atom stereocenters. The first-order valence-corrected chi connectivity index (χ1v) is 9.39. The third-order valence-corrected chi connectivity index (χ3v) is 5.63. The van der Waals surface area contributed by atoms with Crippen LogP contribution in [0.5, 0.6) is 0 Å². The first-order chi connectivity index (χ1) is 12.4. The van der Waals surface area contributed by atoms with Gasteiger partial charge in [-0.05, 0) is 31.7 Å². The number of piperidine rings is 1. The summed E-state index contributed by atoms with van der Waals surface area (Å²) < 4.78 is 17.6. The number of hydrogen-bond acceptors (Lipinski definition) is 5. The fourth-order valence-electron chi connectivity index (χ4n) is 4.45. The van der Waals surface area contributed by atoms with Crippen molar-refractivity contribution in [3.63, 3.8) is 0 Å². The predicted octanol–water partition coefficient (Wildman–Crippen LogP) is 1.70. The fourth-order valence-corrected chi connectivity index (χ4v) is 4.45.